The van der Waals surface area contributed by atoms with Crippen molar-refractivity contribution in [1.82, 2.24) is 4.68 Å². The van der Waals surface area contributed by atoms with Gasteiger partial charge in [0, 0.05) is 10.9 Å². The van der Waals surface area contributed by atoms with Crippen molar-refractivity contribution in [2.75, 3.05) is 13.7 Å². The first kappa shape index (κ1) is 24.8. The van der Waals surface area contributed by atoms with Crippen molar-refractivity contribution in [2.45, 2.75) is 0 Å². The summed E-state index contributed by atoms with van der Waals surface area (Å²) in [6, 6.07) is 11.4. The molecule has 0 aliphatic rings. The van der Waals surface area contributed by atoms with Crippen molar-refractivity contribution in [2.24, 2.45) is 15.8 Å². The fourth-order valence-electron chi connectivity index (χ4n) is 2.70. The number of thiazole rings is 1. The number of benzene rings is 2. The monoisotopic (exact) mass is 516 g/mol. The maximum atomic E-state index is 11.6. The van der Waals surface area contributed by atoms with Crippen LogP contribution in [0.3, 0.4) is 0 Å². The summed E-state index contributed by atoms with van der Waals surface area (Å²) in [5.41, 5.74) is 7.87. The molecule has 0 aliphatic heterocycles. The molecule has 32 heavy (non-hydrogen) atoms. The van der Waals surface area contributed by atoms with Crippen LogP contribution in [-0.2, 0) is 4.74 Å². The number of nitrogens with zero attached hydrogens (tertiary/aromatic N) is 3. The largest absolute Gasteiger partial charge is 0.507 e. The van der Waals surface area contributed by atoms with Crippen LogP contribution in [0.5, 0.6) is 5.75 Å². The van der Waals surface area contributed by atoms with Gasteiger partial charge in [0.25, 0.3) is 5.91 Å². The average Bonchev–Trinajstić information content (AvgIpc) is 3.18. The Morgan fingerprint density at radius 2 is 1.97 bits per heavy atom. The normalized spacial score (nSPS) is 11.2. The van der Waals surface area contributed by atoms with E-state index in [0.717, 1.165) is 5.56 Å². The zero-order chi connectivity index (χ0) is 22.4. The molecule has 0 bridgehead atoms. The molecule has 0 aliphatic carbocycles. The molecule has 0 saturated heterocycles. The molecule has 1 amide bonds. The van der Waals surface area contributed by atoms with Gasteiger partial charge in [-0.05, 0) is 35.9 Å². The van der Waals surface area contributed by atoms with Crippen molar-refractivity contribution < 1.29 is 19.4 Å². The van der Waals surface area contributed by atoms with Crippen molar-refractivity contribution in [1.29, 1.82) is 0 Å². The lowest BCUT2D eigenvalue weighted by atomic mass is 10.1. The quantitative estimate of drug-likeness (QED) is 0.284. The van der Waals surface area contributed by atoms with E-state index < -0.39 is 11.9 Å². The smallest absolute Gasteiger partial charge is 0.337 e. The Morgan fingerprint density at radius 3 is 2.59 bits per heavy atom. The Labute approximate surface area is 198 Å². The van der Waals surface area contributed by atoms with Crippen LogP contribution in [0.2, 0.25) is 0 Å². The number of aromatic nitrogens is 1. The van der Waals surface area contributed by atoms with Gasteiger partial charge in [-0.2, -0.15) is 5.10 Å². The van der Waals surface area contributed by atoms with Gasteiger partial charge in [0.1, 0.15) is 5.75 Å². The van der Waals surface area contributed by atoms with Gasteiger partial charge in [-0.3, -0.25) is 9.79 Å². The Kier molecular flexibility index (Phi) is 8.68. The summed E-state index contributed by atoms with van der Waals surface area (Å²) < 4.78 is 6.33. The predicted molar refractivity (Wildman–Crippen MR) is 130 cm³/mol. The Hall–Kier alpha value is -3.50. The van der Waals surface area contributed by atoms with E-state index in [4.69, 9.17) is 10.5 Å². The van der Waals surface area contributed by atoms with E-state index in [1.807, 2.05) is 5.38 Å². The molecule has 3 rings (SSSR count). The van der Waals surface area contributed by atoms with Gasteiger partial charge in [0.15, 0.2) is 0 Å². The molecule has 0 saturated carbocycles. The maximum absolute atomic E-state index is 11.6. The molecule has 10 heteroatoms. The highest BCUT2D eigenvalue weighted by Crippen LogP contribution is 2.26. The number of methoxy groups -OCH3 is 1. The van der Waals surface area contributed by atoms with Gasteiger partial charge in [-0.25, -0.2) is 9.47 Å². The Balaban J connectivity index is 0.00000363. The number of ether oxygens (including phenoxy) is 1. The first-order valence-electron chi connectivity index (χ1n) is 9.12. The molecule has 166 valence electrons. The minimum absolute atomic E-state index is 0. The fourth-order valence-corrected chi connectivity index (χ4v) is 3.55. The summed E-state index contributed by atoms with van der Waals surface area (Å²) in [4.78, 5) is 28.3. The number of aromatic hydroxyl groups is 1. The number of hydrogen-bond acceptors (Lipinski definition) is 7. The lowest BCUT2D eigenvalue weighted by Gasteiger charge is -2.07. The Morgan fingerprint density at radius 1 is 1.25 bits per heavy atom. The number of halogens is 1. The van der Waals surface area contributed by atoms with Gasteiger partial charge in [-0.1, -0.05) is 18.2 Å². The van der Waals surface area contributed by atoms with Crippen LogP contribution in [-0.4, -0.2) is 41.5 Å². The number of phenols is 1. The third-order valence-electron chi connectivity index (χ3n) is 4.25. The first-order valence-corrected chi connectivity index (χ1v) is 10.0. The van der Waals surface area contributed by atoms with Crippen LogP contribution in [0.1, 0.15) is 26.3 Å². The average molecular weight is 517 g/mol. The zero-order valence-corrected chi connectivity index (χ0v) is 19.6. The standard InChI is InChI=1S/C22H20N4O4S.BrH/c1-3-10-24-22-26(25-12-14-4-6-15(7-5-14)21(29)30-2)18(13-31-22)16-8-9-19(27)17(11-16)20(23)28;/h3-9,11-13,27H,1,10H2,2H3,(H2,23,28);1H/b24-22?,25-12+;. The molecule has 1 aromatic heterocycles. The van der Waals surface area contributed by atoms with Gasteiger partial charge in [0.2, 0.25) is 4.80 Å². The number of carbonyl (C=O) groups excluding carboxylic acids is 2. The second-order valence-electron chi connectivity index (χ2n) is 6.30. The molecule has 0 atom stereocenters. The van der Waals surface area contributed by atoms with Gasteiger partial charge in [-0.15, -0.1) is 34.9 Å². The van der Waals surface area contributed by atoms with Crippen molar-refractivity contribution in [3.63, 3.8) is 0 Å². The summed E-state index contributed by atoms with van der Waals surface area (Å²) in [5, 5.41) is 16.3. The predicted octanol–water partition coefficient (Wildman–Crippen LogP) is 3.35. The van der Waals surface area contributed by atoms with Crippen LogP contribution in [0.4, 0.5) is 0 Å². The van der Waals surface area contributed by atoms with E-state index in [2.05, 4.69) is 16.7 Å². The number of carbonyl (C=O) groups is 2. The van der Waals surface area contributed by atoms with Gasteiger partial charge in [0.05, 0.1) is 36.7 Å². The second-order valence-corrected chi connectivity index (χ2v) is 7.14. The summed E-state index contributed by atoms with van der Waals surface area (Å²) in [6.07, 6.45) is 3.30. The summed E-state index contributed by atoms with van der Waals surface area (Å²) >= 11 is 1.37. The van der Waals surface area contributed by atoms with E-state index in [1.165, 1.54) is 30.6 Å². The van der Waals surface area contributed by atoms with E-state index in [9.17, 15) is 14.7 Å². The molecule has 0 spiro atoms. The summed E-state index contributed by atoms with van der Waals surface area (Å²) in [7, 11) is 1.33. The van der Waals surface area contributed by atoms with E-state index >= 15 is 0 Å². The SMILES string of the molecule is Br.C=CCN=c1scc(-c2ccc(O)c(C(N)=O)c2)n1/N=C/c1ccc(C(=O)OC)cc1. The highest BCUT2D eigenvalue weighted by Gasteiger charge is 2.13. The molecular weight excluding hydrogens is 496 g/mol. The molecule has 3 N–H and O–H groups in total. The molecule has 0 unspecified atom stereocenters. The molecular formula is C22H21BrN4O4S. The topological polar surface area (TPSA) is 119 Å². The summed E-state index contributed by atoms with van der Waals surface area (Å²) in [5.74, 6) is -1.34. The van der Waals surface area contributed by atoms with Crippen LogP contribution in [0.15, 0.2) is 70.6 Å². The number of rotatable bonds is 7. The molecule has 3 aromatic rings. The van der Waals surface area contributed by atoms with Crippen LogP contribution < -0.4 is 10.5 Å². The number of nitrogens with two attached hydrogens (primary N) is 1. The van der Waals surface area contributed by atoms with Crippen molar-refractivity contribution in [3.05, 3.63) is 82.0 Å². The van der Waals surface area contributed by atoms with Crippen molar-refractivity contribution in [3.8, 4) is 17.0 Å². The maximum Gasteiger partial charge on any atom is 0.337 e. The fraction of sp³-hybridized carbons (Fsp3) is 0.0909. The number of primary amides is 1. The second kappa shape index (κ2) is 11.2. The third kappa shape index (κ3) is 5.59. The highest BCUT2D eigenvalue weighted by atomic mass is 79.9. The molecule has 2 aromatic carbocycles. The van der Waals surface area contributed by atoms with E-state index in [-0.39, 0.29) is 28.3 Å². The molecule has 0 radical (unpaired) electrons. The summed E-state index contributed by atoms with van der Waals surface area (Å²) in [6.45, 7) is 4.09. The van der Waals surface area contributed by atoms with Crippen LogP contribution in [0, 0.1) is 0 Å². The molecule has 0 fully saturated rings. The number of hydrogen-bond donors (Lipinski definition) is 2. The number of amides is 1. The van der Waals surface area contributed by atoms with Gasteiger partial charge >= 0.3 is 5.97 Å². The Bertz CT molecular complexity index is 1230. The van der Waals surface area contributed by atoms with Crippen LogP contribution >= 0.6 is 28.3 Å². The molecule has 8 nitrogen and oxygen atoms in total. The van der Waals surface area contributed by atoms with Crippen LogP contribution in [0.25, 0.3) is 11.3 Å². The minimum Gasteiger partial charge on any atom is -0.507 e. The lowest BCUT2D eigenvalue weighted by Crippen LogP contribution is -2.13. The number of esters is 1. The lowest BCUT2D eigenvalue weighted by molar-refractivity contribution is 0.0600. The van der Waals surface area contributed by atoms with E-state index in [0.29, 0.717) is 28.2 Å². The zero-order valence-electron chi connectivity index (χ0n) is 17.1. The molecule has 1 heterocycles. The first-order chi connectivity index (χ1) is 14.9. The van der Waals surface area contributed by atoms with E-state index in [1.54, 1.807) is 47.3 Å². The third-order valence-corrected chi connectivity index (χ3v) is 5.11. The van der Waals surface area contributed by atoms with Crippen molar-refractivity contribution >= 4 is 46.4 Å². The highest BCUT2D eigenvalue weighted by molar-refractivity contribution is 8.93. The minimum atomic E-state index is -0.730. The van der Waals surface area contributed by atoms with Gasteiger partial charge < -0.3 is 15.6 Å².